The molecule has 2 N–H and O–H groups in total. The lowest BCUT2D eigenvalue weighted by Gasteiger charge is -2.37. The molecule has 0 aromatic rings. The first kappa shape index (κ1) is 18.5. The van der Waals surface area contributed by atoms with Crippen molar-refractivity contribution < 1.29 is 14.3 Å². The molecule has 2 unspecified atom stereocenters. The number of amides is 1. The molecule has 1 saturated carbocycles. The van der Waals surface area contributed by atoms with Gasteiger partial charge in [0.25, 0.3) is 0 Å². The molecule has 134 valence electrons. The summed E-state index contributed by atoms with van der Waals surface area (Å²) in [5, 5.41) is 6.77. The van der Waals surface area contributed by atoms with Gasteiger partial charge in [-0.3, -0.25) is 0 Å². The molecular formula is C18H34N2O3. The fraction of sp³-hybridized carbons (Fsp3) is 0.944. The van der Waals surface area contributed by atoms with Crippen molar-refractivity contribution in [2.45, 2.75) is 83.9 Å². The van der Waals surface area contributed by atoms with Crippen molar-refractivity contribution in [2.24, 2.45) is 5.41 Å². The van der Waals surface area contributed by atoms with Gasteiger partial charge in [0.05, 0.1) is 0 Å². The normalized spacial score (nSPS) is 28.2. The third-order valence-corrected chi connectivity index (χ3v) is 4.91. The largest absolute Gasteiger partial charge is 0.444 e. The molecular weight excluding hydrogens is 292 g/mol. The van der Waals surface area contributed by atoms with Crippen LogP contribution in [0.5, 0.6) is 0 Å². The van der Waals surface area contributed by atoms with E-state index in [1.807, 2.05) is 20.8 Å². The predicted molar refractivity (Wildman–Crippen MR) is 91.6 cm³/mol. The topological polar surface area (TPSA) is 59.6 Å². The molecule has 1 aliphatic carbocycles. The van der Waals surface area contributed by atoms with Gasteiger partial charge in [0.1, 0.15) is 5.60 Å². The van der Waals surface area contributed by atoms with Gasteiger partial charge in [0, 0.05) is 31.8 Å². The molecule has 0 aromatic carbocycles. The average Bonchev–Trinajstić information content (AvgIpc) is 2.44. The van der Waals surface area contributed by atoms with Gasteiger partial charge < -0.3 is 20.1 Å². The first-order valence-electron chi connectivity index (χ1n) is 9.06. The summed E-state index contributed by atoms with van der Waals surface area (Å²) in [6, 6.07) is 0.710. The number of alkyl carbamates (subject to hydrolysis) is 1. The Balaban J connectivity index is 1.73. The number of carbonyl (C=O) groups is 1. The third-order valence-electron chi connectivity index (χ3n) is 4.91. The zero-order valence-electron chi connectivity index (χ0n) is 15.2. The van der Waals surface area contributed by atoms with Crippen LogP contribution in [0.25, 0.3) is 0 Å². The molecule has 1 amide bonds. The van der Waals surface area contributed by atoms with Crippen LogP contribution >= 0.6 is 0 Å². The molecule has 2 aliphatic rings. The van der Waals surface area contributed by atoms with Gasteiger partial charge in [-0.1, -0.05) is 6.92 Å². The van der Waals surface area contributed by atoms with E-state index >= 15 is 0 Å². The summed E-state index contributed by atoms with van der Waals surface area (Å²) in [6.45, 7) is 10.8. The highest BCUT2D eigenvalue weighted by Gasteiger charge is 2.30. The van der Waals surface area contributed by atoms with Crippen LogP contribution in [0.1, 0.15) is 66.2 Å². The van der Waals surface area contributed by atoms with Gasteiger partial charge in [-0.25, -0.2) is 4.79 Å². The molecule has 0 spiro atoms. The van der Waals surface area contributed by atoms with Crippen LogP contribution in [0.15, 0.2) is 0 Å². The van der Waals surface area contributed by atoms with Crippen molar-refractivity contribution in [3.8, 4) is 0 Å². The monoisotopic (exact) mass is 326 g/mol. The average molecular weight is 326 g/mol. The van der Waals surface area contributed by atoms with E-state index in [2.05, 4.69) is 17.6 Å². The van der Waals surface area contributed by atoms with Crippen molar-refractivity contribution >= 4 is 6.09 Å². The lowest BCUT2D eigenvalue weighted by molar-refractivity contribution is 0.0217. The fourth-order valence-corrected chi connectivity index (χ4v) is 3.41. The fourth-order valence-electron chi connectivity index (χ4n) is 3.41. The van der Waals surface area contributed by atoms with Gasteiger partial charge in [-0.05, 0) is 64.7 Å². The molecule has 23 heavy (non-hydrogen) atoms. The van der Waals surface area contributed by atoms with Crippen LogP contribution in [0.2, 0.25) is 0 Å². The number of ether oxygens (including phenoxy) is 2. The number of hydrogen-bond acceptors (Lipinski definition) is 4. The quantitative estimate of drug-likeness (QED) is 0.833. The van der Waals surface area contributed by atoms with Gasteiger partial charge in [0.2, 0.25) is 0 Å². The second kappa shape index (κ2) is 7.84. The Kier molecular flexibility index (Phi) is 6.32. The van der Waals surface area contributed by atoms with Gasteiger partial charge in [0.15, 0.2) is 0 Å². The van der Waals surface area contributed by atoms with Crippen LogP contribution in [-0.2, 0) is 9.47 Å². The second-order valence-electron chi connectivity index (χ2n) is 8.51. The Hall–Kier alpha value is -0.810. The summed E-state index contributed by atoms with van der Waals surface area (Å²) in [5.41, 5.74) is -0.0855. The minimum Gasteiger partial charge on any atom is -0.444 e. The minimum atomic E-state index is -0.436. The maximum atomic E-state index is 11.9. The van der Waals surface area contributed by atoms with Crippen LogP contribution in [0.3, 0.4) is 0 Å². The standard InChI is InChI=1S/C18H34N2O3/c1-17(2,3)23-16(21)20-15-7-5-6-14(12-15)19-13-18(4)8-10-22-11-9-18/h14-15,19H,5-13H2,1-4H3,(H,20,21). The zero-order valence-corrected chi connectivity index (χ0v) is 15.2. The Morgan fingerprint density at radius 1 is 1.22 bits per heavy atom. The molecule has 0 bridgehead atoms. The van der Waals surface area contributed by atoms with Crippen molar-refractivity contribution in [3.05, 3.63) is 0 Å². The second-order valence-corrected chi connectivity index (χ2v) is 8.51. The number of hydrogen-bond donors (Lipinski definition) is 2. The van der Waals surface area contributed by atoms with Crippen molar-refractivity contribution in [1.82, 2.24) is 10.6 Å². The highest BCUT2D eigenvalue weighted by molar-refractivity contribution is 5.68. The first-order chi connectivity index (χ1) is 10.8. The van der Waals surface area contributed by atoms with Crippen LogP contribution in [-0.4, -0.2) is 43.5 Å². The van der Waals surface area contributed by atoms with E-state index in [4.69, 9.17) is 9.47 Å². The molecule has 1 saturated heterocycles. The third kappa shape index (κ3) is 6.68. The van der Waals surface area contributed by atoms with E-state index < -0.39 is 5.60 Å². The molecule has 0 radical (unpaired) electrons. The molecule has 1 aliphatic heterocycles. The Labute approximate surface area is 140 Å². The SMILES string of the molecule is CC1(CNC2CCCC(NC(=O)OC(C)(C)C)C2)CCOCC1. The molecule has 0 aromatic heterocycles. The van der Waals surface area contributed by atoms with E-state index in [1.165, 1.54) is 6.42 Å². The van der Waals surface area contributed by atoms with Gasteiger partial charge in [-0.2, -0.15) is 0 Å². The van der Waals surface area contributed by atoms with Crippen molar-refractivity contribution in [3.63, 3.8) is 0 Å². The predicted octanol–water partition coefficient (Wildman–Crippen LogP) is 3.23. The molecule has 1 heterocycles. The lowest BCUT2D eigenvalue weighted by Crippen LogP contribution is -2.48. The summed E-state index contributed by atoms with van der Waals surface area (Å²) >= 11 is 0. The molecule has 2 atom stereocenters. The maximum absolute atomic E-state index is 11.9. The zero-order chi connectivity index (χ0) is 16.9. The van der Waals surface area contributed by atoms with E-state index in [-0.39, 0.29) is 12.1 Å². The summed E-state index contributed by atoms with van der Waals surface area (Å²) in [7, 11) is 0. The van der Waals surface area contributed by atoms with E-state index in [1.54, 1.807) is 0 Å². The summed E-state index contributed by atoms with van der Waals surface area (Å²) in [5.74, 6) is 0. The van der Waals surface area contributed by atoms with Gasteiger partial charge in [-0.15, -0.1) is 0 Å². The Morgan fingerprint density at radius 2 is 1.87 bits per heavy atom. The molecule has 2 fully saturated rings. The molecule has 5 heteroatoms. The maximum Gasteiger partial charge on any atom is 0.407 e. The summed E-state index contributed by atoms with van der Waals surface area (Å²) in [6.07, 6.45) is 6.35. The highest BCUT2D eigenvalue weighted by Crippen LogP contribution is 2.29. The lowest BCUT2D eigenvalue weighted by atomic mass is 9.81. The number of nitrogens with one attached hydrogen (secondary N) is 2. The van der Waals surface area contributed by atoms with Gasteiger partial charge >= 0.3 is 6.09 Å². The van der Waals surface area contributed by atoms with Crippen molar-refractivity contribution in [2.75, 3.05) is 19.8 Å². The van der Waals surface area contributed by atoms with E-state index in [0.717, 1.165) is 51.9 Å². The summed E-state index contributed by atoms with van der Waals surface area (Å²) in [4.78, 5) is 11.9. The van der Waals surface area contributed by atoms with Crippen molar-refractivity contribution in [1.29, 1.82) is 0 Å². The number of carbonyl (C=O) groups excluding carboxylic acids is 1. The number of rotatable bonds is 4. The first-order valence-corrected chi connectivity index (χ1v) is 9.06. The van der Waals surface area contributed by atoms with Crippen LogP contribution < -0.4 is 10.6 Å². The highest BCUT2D eigenvalue weighted by atomic mass is 16.6. The summed E-state index contributed by atoms with van der Waals surface area (Å²) < 4.78 is 10.8. The molecule has 5 nitrogen and oxygen atoms in total. The van der Waals surface area contributed by atoms with Crippen LogP contribution in [0, 0.1) is 5.41 Å². The Morgan fingerprint density at radius 3 is 2.52 bits per heavy atom. The van der Waals surface area contributed by atoms with E-state index in [0.29, 0.717) is 11.5 Å². The molecule has 2 rings (SSSR count). The van der Waals surface area contributed by atoms with E-state index in [9.17, 15) is 4.79 Å². The minimum absolute atomic E-state index is 0.221. The Bertz CT molecular complexity index is 386. The smallest absolute Gasteiger partial charge is 0.407 e. The van der Waals surface area contributed by atoms with Crippen LogP contribution in [0.4, 0.5) is 4.79 Å².